The molecule has 6 heteroatoms. The first-order valence-electron chi connectivity index (χ1n) is 7.25. The third-order valence-corrected chi connectivity index (χ3v) is 3.43. The normalized spacial score (nSPS) is 12.4. The molecule has 2 rings (SSSR count). The summed E-state index contributed by atoms with van der Waals surface area (Å²) in [7, 11) is 0. The Balaban J connectivity index is 2.89. The molecule has 23 heavy (non-hydrogen) atoms. The molecule has 3 N–H and O–H groups in total. The lowest BCUT2D eigenvalue weighted by molar-refractivity contribution is 0.0699. The highest BCUT2D eigenvalue weighted by Crippen LogP contribution is 2.27. The average Bonchev–Trinajstić information content (AvgIpc) is 2.83. The van der Waals surface area contributed by atoms with Gasteiger partial charge in [0.2, 0.25) is 0 Å². The van der Waals surface area contributed by atoms with Gasteiger partial charge >= 0.3 is 5.97 Å². The van der Waals surface area contributed by atoms with Gasteiger partial charge in [0.25, 0.3) is 0 Å². The number of aromatic carboxylic acids is 1. The van der Waals surface area contributed by atoms with Crippen LogP contribution in [0.5, 0.6) is 0 Å². The number of carbonyl (C=O) groups is 1. The Morgan fingerprint density at radius 1 is 1.48 bits per heavy atom. The van der Waals surface area contributed by atoms with Gasteiger partial charge in [0.15, 0.2) is 5.65 Å². The number of allylic oxidation sites excluding steroid dienone is 4. The Kier molecular flexibility index (Phi) is 4.64. The third kappa shape index (κ3) is 3.01. The standard InChI is InChI=1S/C17H20N4O2/c1-5-6-12(7-8-18)14-9-13(17(22)23)15-11(4)20-21(10(2)3)16(15)19-14/h5-10H,1,18H2,2-4H3,(H,22,23)/b8-7-,12-6+. The minimum absolute atomic E-state index is 0.0625. The quantitative estimate of drug-likeness (QED) is 0.827. The lowest BCUT2D eigenvalue weighted by Gasteiger charge is -2.09. The first-order valence-corrected chi connectivity index (χ1v) is 7.25. The Morgan fingerprint density at radius 2 is 2.17 bits per heavy atom. The van der Waals surface area contributed by atoms with E-state index in [0.717, 1.165) is 0 Å². The number of hydrogen-bond donors (Lipinski definition) is 2. The number of hydrogen-bond acceptors (Lipinski definition) is 4. The van der Waals surface area contributed by atoms with Crippen LogP contribution in [0.25, 0.3) is 16.6 Å². The molecular weight excluding hydrogens is 292 g/mol. The highest BCUT2D eigenvalue weighted by Gasteiger charge is 2.20. The second-order valence-corrected chi connectivity index (χ2v) is 5.40. The molecule has 2 aromatic rings. The summed E-state index contributed by atoms with van der Waals surface area (Å²) in [4.78, 5) is 16.3. The van der Waals surface area contributed by atoms with Crippen molar-refractivity contribution in [3.63, 3.8) is 0 Å². The SMILES string of the molecule is C=C/C=C(\C=C/N)c1cc(C(=O)O)c2c(C)nn(C(C)C)c2n1. The van der Waals surface area contributed by atoms with Gasteiger partial charge in [-0.3, -0.25) is 0 Å². The molecular formula is C17H20N4O2. The topological polar surface area (TPSA) is 94.0 Å². The molecule has 2 aromatic heterocycles. The maximum atomic E-state index is 11.7. The summed E-state index contributed by atoms with van der Waals surface area (Å²) in [5.41, 5.74) is 8.04. The minimum atomic E-state index is -1.01. The zero-order valence-electron chi connectivity index (χ0n) is 13.4. The van der Waals surface area contributed by atoms with E-state index in [9.17, 15) is 9.90 Å². The van der Waals surface area contributed by atoms with Gasteiger partial charge in [-0.15, -0.1) is 0 Å². The molecule has 0 bridgehead atoms. The predicted octanol–water partition coefficient (Wildman–Crippen LogP) is 3.06. The summed E-state index contributed by atoms with van der Waals surface area (Å²) in [6.07, 6.45) is 6.37. The smallest absolute Gasteiger partial charge is 0.336 e. The van der Waals surface area contributed by atoms with Crippen molar-refractivity contribution in [1.29, 1.82) is 0 Å². The first-order chi connectivity index (χ1) is 10.9. The van der Waals surface area contributed by atoms with Crippen molar-refractivity contribution in [3.05, 3.63) is 54.0 Å². The fourth-order valence-corrected chi connectivity index (χ4v) is 2.45. The molecule has 0 amide bonds. The van der Waals surface area contributed by atoms with Crippen molar-refractivity contribution in [2.45, 2.75) is 26.8 Å². The molecule has 2 heterocycles. The van der Waals surface area contributed by atoms with Crippen molar-refractivity contribution in [3.8, 4) is 0 Å². The molecule has 6 nitrogen and oxygen atoms in total. The van der Waals surface area contributed by atoms with E-state index >= 15 is 0 Å². The maximum Gasteiger partial charge on any atom is 0.336 e. The summed E-state index contributed by atoms with van der Waals surface area (Å²) < 4.78 is 1.73. The Morgan fingerprint density at radius 3 is 2.70 bits per heavy atom. The van der Waals surface area contributed by atoms with Gasteiger partial charge in [0.1, 0.15) is 0 Å². The third-order valence-electron chi connectivity index (χ3n) is 3.43. The van der Waals surface area contributed by atoms with Gasteiger partial charge < -0.3 is 10.8 Å². The highest BCUT2D eigenvalue weighted by atomic mass is 16.4. The molecule has 0 saturated carbocycles. The van der Waals surface area contributed by atoms with Crippen LogP contribution >= 0.6 is 0 Å². The van der Waals surface area contributed by atoms with Crippen molar-refractivity contribution in [2.24, 2.45) is 5.73 Å². The van der Waals surface area contributed by atoms with Crippen LogP contribution in [0, 0.1) is 6.92 Å². The largest absolute Gasteiger partial charge is 0.478 e. The summed E-state index contributed by atoms with van der Waals surface area (Å²) >= 11 is 0. The zero-order valence-corrected chi connectivity index (χ0v) is 13.4. The number of pyridine rings is 1. The van der Waals surface area contributed by atoms with Gasteiger partial charge in [-0.25, -0.2) is 14.5 Å². The van der Waals surface area contributed by atoms with E-state index in [4.69, 9.17) is 5.73 Å². The number of nitrogens with two attached hydrogens (primary N) is 1. The van der Waals surface area contributed by atoms with Crippen LogP contribution in [-0.4, -0.2) is 25.8 Å². The van der Waals surface area contributed by atoms with E-state index in [0.29, 0.717) is 28.0 Å². The number of aryl methyl sites for hydroxylation is 1. The molecule has 0 aromatic carbocycles. The summed E-state index contributed by atoms with van der Waals surface area (Å²) in [5.74, 6) is -1.01. The Hall–Kier alpha value is -2.89. The predicted molar refractivity (Wildman–Crippen MR) is 91.1 cm³/mol. The van der Waals surface area contributed by atoms with Crippen LogP contribution in [0.2, 0.25) is 0 Å². The molecule has 0 saturated heterocycles. The second kappa shape index (κ2) is 6.48. The number of aromatic nitrogens is 3. The van der Waals surface area contributed by atoms with Gasteiger partial charge in [-0.2, -0.15) is 5.10 Å². The second-order valence-electron chi connectivity index (χ2n) is 5.40. The van der Waals surface area contributed by atoms with Gasteiger partial charge in [-0.1, -0.05) is 18.7 Å². The van der Waals surface area contributed by atoms with Crippen LogP contribution in [-0.2, 0) is 0 Å². The molecule has 120 valence electrons. The number of carboxylic acids is 1. The van der Waals surface area contributed by atoms with Crippen molar-refractivity contribution in [2.75, 3.05) is 0 Å². The van der Waals surface area contributed by atoms with E-state index in [2.05, 4.69) is 16.7 Å². The van der Waals surface area contributed by atoms with E-state index in [1.807, 2.05) is 13.8 Å². The molecule has 0 atom stereocenters. The summed E-state index contributed by atoms with van der Waals surface area (Å²) in [6.45, 7) is 9.40. The molecule has 0 radical (unpaired) electrons. The van der Waals surface area contributed by atoms with Gasteiger partial charge in [-0.05, 0) is 39.1 Å². The van der Waals surface area contributed by atoms with Crippen LogP contribution in [0.3, 0.4) is 0 Å². The van der Waals surface area contributed by atoms with E-state index < -0.39 is 5.97 Å². The van der Waals surface area contributed by atoms with Crippen LogP contribution in [0.1, 0.15) is 41.6 Å². The molecule has 0 aliphatic carbocycles. The van der Waals surface area contributed by atoms with Gasteiger partial charge in [0.05, 0.1) is 22.3 Å². The van der Waals surface area contributed by atoms with E-state index in [1.165, 1.54) is 6.20 Å². The molecule has 0 fully saturated rings. The number of rotatable bonds is 5. The zero-order chi connectivity index (χ0) is 17.1. The minimum Gasteiger partial charge on any atom is -0.478 e. The molecule has 0 spiro atoms. The molecule has 0 aliphatic rings. The van der Waals surface area contributed by atoms with Crippen molar-refractivity contribution >= 4 is 22.6 Å². The average molecular weight is 312 g/mol. The number of nitrogens with zero attached hydrogens (tertiary/aromatic N) is 3. The van der Waals surface area contributed by atoms with E-state index in [-0.39, 0.29) is 11.6 Å². The highest BCUT2D eigenvalue weighted by molar-refractivity contribution is 6.04. The van der Waals surface area contributed by atoms with Crippen molar-refractivity contribution in [1.82, 2.24) is 14.8 Å². The lowest BCUT2D eigenvalue weighted by atomic mass is 10.1. The maximum absolute atomic E-state index is 11.7. The lowest BCUT2D eigenvalue weighted by Crippen LogP contribution is -2.06. The summed E-state index contributed by atoms with van der Waals surface area (Å²) in [6, 6.07) is 1.60. The summed E-state index contributed by atoms with van der Waals surface area (Å²) in [5, 5.41) is 14.6. The van der Waals surface area contributed by atoms with E-state index in [1.54, 1.807) is 35.9 Å². The fourth-order valence-electron chi connectivity index (χ4n) is 2.45. The first kappa shape index (κ1) is 16.5. The Labute approximate surface area is 134 Å². The van der Waals surface area contributed by atoms with Crippen LogP contribution < -0.4 is 5.73 Å². The Bertz CT molecular complexity index is 829. The van der Waals surface area contributed by atoms with Crippen LogP contribution in [0.15, 0.2) is 37.1 Å². The van der Waals surface area contributed by atoms with Crippen LogP contribution in [0.4, 0.5) is 0 Å². The monoisotopic (exact) mass is 312 g/mol. The molecule has 0 unspecified atom stereocenters. The van der Waals surface area contributed by atoms with Gasteiger partial charge in [0, 0.05) is 11.6 Å². The fraction of sp³-hybridized carbons (Fsp3) is 0.235. The number of fused-ring (bicyclic) bond motifs is 1. The number of carboxylic acid groups (broad SMARTS) is 1. The molecule has 0 aliphatic heterocycles. The van der Waals surface area contributed by atoms with Crippen molar-refractivity contribution < 1.29 is 9.90 Å².